The zero-order chi connectivity index (χ0) is 17.4. The van der Waals surface area contributed by atoms with E-state index in [1.807, 2.05) is 47.0 Å². The summed E-state index contributed by atoms with van der Waals surface area (Å²) in [6, 6.07) is 7.72. The van der Waals surface area contributed by atoms with Gasteiger partial charge in [0, 0.05) is 51.1 Å². The molecule has 2 fully saturated rings. The summed E-state index contributed by atoms with van der Waals surface area (Å²) in [4.78, 5) is 30.8. The molecule has 6 nitrogen and oxygen atoms in total. The van der Waals surface area contributed by atoms with Gasteiger partial charge in [0.1, 0.15) is 5.69 Å². The van der Waals surface area contributed by atoms with Crippen LogP contribution in [0.4, 0.5) is 0 Å². The van der Waals surface area contributed by atoms with Crippen molar-refractivity contribution in [1.29, 1.82) is 0 Å². The molecule has 1 atom stereocenters. The number of hydrogen-bond donors (Lipinski definition) is 1. The molecule has 0 aliphatic carbocycles. The van der Waals surface area contributed by atoms with Gasteiger partial charge in [-0.25, -0.2) is 0 Å². The van der Waals surface area contributed by atoms with Crippen LogP contribution in [0.2, 0.25) is 0 Å². The van der Waals surface area contributed by atoms with E-state index in [4.69, 9.17) is 0 Å². The predicted molar refractivity (Wildman–Crippen MR) is 93.0 cm³/mol. The van der Waals surface area contributed by atoms with Crippen molar-refractivity contribution in [3.05, 3.63) is 54.1 Å². The highest BCUT2D eigenvalue weighted by Gasteiger charge is 2.49. The van der Waals surface area contributed by atoms with Crippen LogP contribution in [0.15, 0.2) is 42.9 Å². The van der Waals surface area contributed by atoms with Crippen molar-refractivity contribution in [3.63, 3.8) is 0 Å². The largest absolute Gasteiger partial charge is 0.350 e. The van der Waals surface area contributed by atoms with Crippen LogP contribution in [0.25, 0.3) is 0 Å². The first-order valence-corrected chi connectivity index (χ1v) is 8.71. The normalized spacial score (nSPS) is 22.2. The van der Waals surface area contributed by atoms with Gasteiger partial charge in [-0.05, 0) is 42.7 Å². The van der Waals surface area contributed by atoms with Crippen molar-refractivity contribution < 1.29 is 9.59 Å². The van der Waals surface area contributed by atoms with E-state index in [1.165, 1.54) is 0 Å². The van der Waals surface area contributed by atoms with Gasteiger partial charge < -0.3 is 14.8 Å². The zero-order valence-electron chi connectivity index (χ0n) is 14.3. The second-order valence-electron chi connectivity index (χ2n) is 7.04. The van der Waals surface area contributed by atoms with Crippen molar-refractivity contribution in [2.24, 2.45) is 7.05 Å². The Morgan fingerprint density at radius 2 is 1.96 bits per heavy atom. The predicted octanol–water partition coefficient (Wildman–Crippen LogP) is 1.70. The Kier molecular flexibility index (Phi) is 3.82. The van der Waals surface area contributed by atoms with Crippen molar-refractivity contribution in [2.75, 3.05) is 13.1 Å². The van der Waals surface area contributed by atoms with Gasteiger partial charge in [0.05, 0.1) is 5.54 Å². The summed E-state index contributed by atoms with van der Waals surface area (Å²) in [5.74, 6) is 0.312. The van der Waals surface area contributed by atoms with E-state index in [9.17, 15) is 9.59 Å². The quantitative estimate of drug-likeness (QED) is 0.906. The topological polar surface area (TPSA) is 67.2 Å². The van der Waals surface area contributed by atoms with E-state index in [0.29, 0.717) is 25.2 Å². The fourth-order valence-corrected chi connectivity index (χ4v) is 4.26. The number of aryl methyl sites for hydroxylation is 1. The molecule has 2 aromatic heterocycles. The van der Waals surface area contributed by atoms with Crippen LogP contribution < -0.4 is 5.32 Å². The maximum atomic E-state index is 12.7. The molecule has 130 valence electrons. The highest BCUT2D eigenvalue weighted by molar-refractivity contribution is 5.93. The van der Waals surface area contributed by atoms with Gasteiger partial charge in [-0.3, -0.25) is 14.6 Å². The number of carbonyl (C=O) groups excluding carboxylic acids is 2. The Balaban J connectivity index is 1.52. The molecule has 1 spiro atoms. The van der Waals surface area contributed by atoms with E-state index in [0.717, 1.165) is 18.4 Å². The van der Waals surface area contributed by atoms with E-state index in [-0.39, 0.29) is 23.3 Å². The summed E-state index contributed by atoms with van der Waals surface area (Å²) in [6.07, 6.45) is 7.51. The third-order valence-corrected chi connectivity index (χ3v) is 5.66. The van der Waals surface area contributed by atoms with E-state index < -0.39 is 0 Å². The molecule has 6 heteroatoms. The Morgan fingerprint density at radius 3 is 2.60 bits per heavy atom. The number of hydrogen-bond acceptors (Lipinski definition) is 3. The molecule has 0 radical (unpaired) electrons. The van der Waals surface area contributed by atoms with Crippen molar-refractivity contribution in [3.8, 4) is 0 Å². The van der Waals surface area contributed by atoms with Gasteiger partial charge in [0.15, 0.2) is 0 Å². The number of aromatic nitrogens is 2. The molecule has 4 rings (SSSR count). The Labute approximate surface area is 146 Å². The van der Waals surface area contributed by atoms with Gasteiger partial charge in [-0.1, -0.05) is 0 Å². The molecule has 2 amide bonds. The fourth-order valence-electron chi connectivity index (χ4n) is 4.26. The summed E-state index contributed by atoms with van der Waals surface area (Å²) in [7, 11) is 1.88. The lowest BCUT2D eigenvalue weighted by Crippen LogP contribution is -2.54. The van der Waals surface area contributed by atoms with Crippen molar-refractivity contribution in [2.45, 2.75) is 30.7 Å². The number of amides is 2. The first-order valence-electron chi connectivity index (χ1n) is 8.71. The maximum Gasteiger partial charge on any atom is 0.270 e. The number of nitrogens with one attached hydrogen (secondary N) is 1. The average molecular weight is 338 g/mol. The van der Waals surface area contributed by atoms with Gasteiger partial charge in [0.25, 0.3) is 5.91 Å². The minimum atomic E-state index is -0.247. The minimum Gasteiger partial charge on any atom is -0.350 e. The third-order valence-electron chi connectivity index (χ3n) is 5.66. The van der Waals surface area contributed by atoms with E-state index in [1.54, 1.807) is 12.4 Å². The average Bonchev–Trinajstić information content (AvgIpc) is 3.19. The number of nitrogens with zero attached hydrogens (tertiary/aromatic N) is 3. The molecule has 0 unspecified atom stereocenters. The molecule has 2 aliphatic heterocycles. The van der Waals surface area contributed by atoms with Gasteiger partial charge in [0.2, 0.25) is 5.91 Å². The Bertz CT molecular complexity index is 791. The molecular formula is C19H22N4O2. The molecule has 4 heterocycles. The van der Waals surface area contributed by atoms with Crippen LogP contribution in [-0.2, 0) is 11.8 Å². The molecule has 2 aliphatic rings. The molecule has 2 aromatic rings. The highest BCUT2D eigenvalue weighted by Crippen LogP contribution is 2.43. The van der Waals surface area contributed by atoms with Crippen molar-refractivity contribution in [1.82, 2.24) is 19.8 Å². The van der Waals surface area contributed by atoms with Gasteiger partial charge in [-0.15, -0.1) is 0 Å². The van der Waals surface area contributed by atoms with Crippen LogP contribution in [0.5, 0.6) is 0 Å². The summed E-state index contributed by atoms with van der Waals surface area (Å²) >= 11 is 0. The number of pyridine rings is 1. The Hall–Kier alpha value is -2.63. The molecule has 0 aromatic carbocycles. The summed E-state index contributed by atoms with van der Waals surface area (Å²) in [6.45, 7) is 1.32. The summed E-state index contributed by atoms with van der Waals surface area (Å²) < 4.78 is 1.85. The second kappa shape index (κ2) is 6.02. The zero-order valence-corrected chi connectivity index (χ0v) is 14.3. The summed E-state index contributed by atoms with van der Waals surface area (Å²) in [5, 5.41) is 3.22. The number of rotatable bonds is 2. The smallest absolute Gasteiger partial charge is 0.270 e. The number of carbonyl (C=O) groups is 2. The number of likely N-dealkylation sites (tertiary alicyclic amines) is 1. The second-order valence-corrected chi connectivity index (χ2v) is 7.04. The molecule has 0 bridgehead atoms. The SMILES string of the molecule is Cn1cccc1C(=O)N1CCC2(CC1)NC(=O)C[C@H]2c1ccncc1. The molecule has 25 heavy (non-hydrogen) atoms. The lowest BCUT2D eigenvalue weighted by atomic mass is 9.74. The van der Waals surface area contributed by atoms with E-state index >= 15 is 0 Å². The van der Waals surface area contributed by atoms with Gasteiger partial charge >= 0.3 is 0 Å². The third kappa shape index (κ3) is 2.71. The maximum absolute atomic E-state index is 12.7. The molecular weight excluding hydrogens is 316 g/mol. The Morgan fingerprint density at radius 1 is 1.24 bits per heavy atom. The minimum absolute atomic E-state index is 0.0622. The van der Waals surface area contributed by atoms with Crippen LogP contribution in [0.1, 0.15) is 41.2 Å². The van der Waals surface area contributed by atoms with E-state index in [2.05, 4.69) is 10.3 Å². The lowest BCUT2D eigenvalue weighted by Gasteiger charge is -2.43. The monoisotopic (exact) mass is 338 g/mol. The first-order chi connectivity index (χ1) is 12.1. The van der Waals surface area contributed by atoms with Crippen LogP contribution >= 0.6 is 0 Å². The number of piperidine rings is 1. The van der Waals surface area contributed by atoms with Crippen LogP contribution in [-0.4, -0.2) is 44.9 Å². The first kappa shape index (κ1) is 15.9. The molecule has 2 saturated heterocycles. The standard InChI is InChI=1S/C19H22N4O2/c1-22-10-2-3-16(22)18(25)23-11-6-19(7-12-23)15(13-17(24)21-19)14-4-8-20-9-5-14/h2-5,8-10,15H,6-7,11-13H2,1H3,(H,21,24)/t15-/m0/s1. The highest BCUT2D eigenvalue weighted by atomic mass is 16.2. The van der Waals surface area contributed by atoms with Crippen LogP contribution in [0.3, 0.4) is 0 Å². The van der Waals surface area contributed by atoms with Crippen molar-refractivity contribution >= 4 is 11.8 Å². The molecule has 0 saturated carbocycles. The lowest BCUT2D eigenvalue weighted by molar-refractivity contribution is -0.120. The molecule has 1 N–H and O–H groups in total. The summed E-state index contributed by atoms with van der Waals surface area (Å²) in [5.41, 5.74) is 1.61. The van der Waals surface area contributed by atoms with Crippen LogP contribution in [0, 0.1) is 0 Å². The van der Waals surface area contributed by atoms with Gasteiger partial charge in [-0.2, -0.15) is 0 Å². The fraction of sp³-hybridized carbons (Fsp3) is 0.421.